The molecule has 0 bridgehead atoms. The molecule has 102 valence electrons. The average molecular weight is 337 g/mol. The number of nitrogens with one attached hydrogen (secondary N) is 1. The third kappa shape index (κ3) is 3.16. The molecular formula is C7H6BrF5N4O. The van der Waals surface area contributed by atoms with E-state index in [0.29, 0.717) is 0 Å². The largest absolute Gasteiger partial charge is 0.470 e. The predicted octanol–water partition coefficient (Wildman–Crippen LogP) is 2.10. The van der Waals surface area contributed by atoms with Crippen molar-refractivity contribution in [3.05, 3.63) is 10.8 Å². The van der Waals surface area contributed by atoms with Crippen LogP contribution in [0.5, 0.6) is 5.88 Å². The number of rotatable bonds is 4. The van der Waals surface area contributed by atoms with E-state index in [2.05, 4.69) is 36.1 Å². The topological polar surface area (TPSA) is 73.1 Å². The molecule has 18 heavy (non-hydrogen) atoms. The summed E-state index contributed by atoms with van der Waals surface area (Å²) >= 11 is 2.84. The van der Waals surface area contributed by atoms with Crippen LogP contribution in [0.4, 0.5) is 27.8 Å². The molecule has 0 spiro atoms. The van der Waals surface area contributed by atoms with E-state index in [1.807, 2.05) is 0 Å². The Kier molecular flexibility index (Phi) is 4.27. The first-order valence-corrected chi connectivity index (χ1v) is 5.03. The highest BCUT2D eigenvalue weighted by Crippen LogP contribution is 2.36. The van der Waals surface area contributed by atoms with E-state index < -0.39 is 24.6 Å². The van der Waals surface area contributed by atoms with Gasteiger partial charge >= 0.3 is 12.1 Å². The van der Waals surface area contributed by atoms with Gasteiger partial charge in [-0.25, -0.2) is 15.8 Å². The smallest absolute Gasteiger partial charge is 0.456 e. The van der Waals surface area contributed by atoms with Gasteiger partial charge in [-0.05, 0) is 15.9 Å². The van der Waals surface area contributed by atoms with Crippen LogP contribution >= 0.6 is 15.9 Å². The van der Waals surface area contributed by atoms with Crippen LogP contribution in [0, 0.1) is 0 Å². The first kappa shape index (κ1) is 14.8. The fraction of sp³-hybridized carbons (Fsp3) is 0.429. The lowest BCUT2D eigenvalue weighted by atomic mass is 10.3. The number of nitrogens with zero attached hydrogens (tertiary/aromatic N) is 2. The summed E-state index contributed by atoms with van der Waals surface area (Å²) in [5.41, 5.74) is 2.08. The first-order chi connectivity index (χ1) is 8.19. The number of hydrogen-bond donors (Lipinski definition) is 2. The molecule has 0 aliphatic rings. The Morgan fingerprint density at radius 2 is 1.89 bits per heavy atom. The number of ether oxygens (including phenoxy) is 1. The molecular weight excluding hydrogens is 331 g/mol. The minimum atomic E-state index is -5.69. The minimum Gasteiger partial charge on any atom is -0.470 e. The summed E-state index contributed by atoms with van der Waals surface area (Å²) in [5.74, 6) is -0.464. The summed E-state index contributed by atoms with van der Waals surface area (Å²) in [6.07, 6.45) is -4.80. The molecule has 0 unspecified atom stereocenters. The van der Waals surface area contributed by atoms with Crippen LogP contribution in [-0.2, 0) is 0 Å². The van der Waals surface area contributed by atoms with Gasteiger partial charge in [-0.3, -0.25) is 0 Å². The van der Waals surface area contributed by atoms with Gasteiger partial charge in [0.2, 0.25) is 5.88 Å². The van der Waals surface area contributed by atoms with Crippen LogP contribution in [0.25, 0.3) is 0 Å². The van der Waals surface area contributed by atoms with Crippen LogP contribution in [0.15, 0.2) is 10.8 Å². The van der Waals surface area contributed by atoms with Gasteiger partial charge in [0.25, 0.3) is 0 Å². The lowest BCUT2D eigenvalue weighted by molar-refractivity contribution is -0.290. The SMILES string of the molecule is NNc1ncnc(OCC(F)(F)C(F)(F)F)c1Br. The first-order valence-electron chi connectivity index (χ1n) is 4.23. The standard InChI is InChI=1S/C7H6BrF5N4O/c8-3-4(17-14)15-2-16-5(3)18-1-6(9,10)7(11,12)13/h2H,1,14H2,(H,15,16,17). The van der Waals surface area contributed by atoms with E-state index in [1.165, 1.54) is 0 Å². The zero-order valence-corrected chi connectivity index (χ0v) is 10.0. The molecule has 0 saturated carbocycles. The number of hydrazine groups is 1. The lowest BCUT2D eigenvalue weighted by Gasteiger charge is -2.19. The molecule has 1 aromatic rings. The second-order valence-corrected chi connectivity index (χ2v) is 3.77. The van der Waals surface area contributed by atoms with Crippen molar-refractivity contribution in [2.75, 3.05) is 12.0 Å². The van der Waals surface area contributed by atoms with Gasteiger partial charge < -0.3 is 10.2 Å². The molecule has 0 aliphatic heterocycles. The van der Waals surface area contributed by atoms with E-state index in [1.54, 1.807) is 0 Å². The molecule has 3 N–H and O–H groups in total. The van der Waals surface area contributed by atoms with E-state index >= 15 is 0 Å². The van der Waals surface area contributed by atoms with E-state index in [4.69, 9.17) is 5.84 Å². The zero-order valence-electron chi connectivity index (χ0n) is 8.43. The maximum atomic E-state index is 12.6. The van der Waals surface area contributed by atoms with Crippen LogP contribution in [0.3, 0.4) is 0 Å². The van der Waals surface area contributed by atoms with E-state index in [9.17, 15) is 22.0 Å². The van der Waals surface area contributed by atoms with Crippen molar-refractivity contribution in [1.82, 2.24) is 9.97 Å². The molecule has 1 heterocycles. The van der Waals surface area contributed by atoms with Crippen molar-refractivity contribution >= 4 is 21.7 Å². The summed E-state index contributed by atoms with van der Waals surface area (Å²) < 4.78 is 65.0. The third-order valence-corrected chi connectivity index (χ3v) is 2.41. The highest BCUT2D eigenvalue weighted by atomic mass is 79.9. The molecule has 1 aromatic heterocycles. The van der Waals surface area contributed by atoms with Gasteiger partial charge in [0, 0.05) is 0 Å². The lowest BCUT2D eigenvalue weighted by Crippen LogP contribution is -2.41. The average Bonchev–Trinajstić information content (AvgIpc) is 2.26. The molecule has 5 nitrogen and oxygen atoms in total. The van der Waals surface area contributed by atoms with Crippen molar-refractivity contribution < 1.29 is 26.7 Å². The molecule has 0 fully saturated rings. The Hall–Kier alpha value is -1.23. The summed E-state index contributed by atoms with van der Waals surface area (Å²) in [5, 5.41) is 0. The van der Waals surface area contributed by atoms with E-state index in [-0.39, 0.29) is 10.3 Å². The summed E-state index contributed by atoms with van der Waals surface area (Å²) in [6, 6.07) is 0. The molecule has 0 aromatic carbocycles. The fourth-order valence-electron chi connectivity index (χ4n) is 0.796. The second-order valence-electron chi connectivity index (χ2n) is 2.98. The van der Waals surface area contributed by atoms with Crippen LogP contribution in [0.2, 0.25) is 0 Å². The third-order valence-electron chi connectivity index (χ3n) is 1.70. The highest BCUT2D eigenvalue weighted by molar-refractivity contribution is 9.10. The molecule has 1 rings (SSSR count). The Balaban J connectivity index is 2.82. The van der Waals surface area contributed by atoms with Crippen LogP contribution in [0.1, 0.15) is 0 Å². The normalized spacial score (nSPS) is 12.4. The Morgan fingerprint density at radius 3 is 2.39 bits per heavy atom. The number of anilines is 1. The number of alkyl halides is 5. The molecule has 0 saturated heterocycles. The number of nitrogen functional groups attached to an aromatic ring is 1. The molecule has 0 radical (unpaired) electrons. The number of aromatic nitrogens is 2. The highest BCUT2D eigenvalue weighted by Gasteiger charge is 2.58. The molecule has 11 heteroatoms. The number of nitrogens with two attached hydrogens (primary N) is 1. The molecule has 0 atom stereocenters. The van der Waals surface area contributed by atoms with Crippen molar-refractivity contribution in [3.63, 3.8) is 0 Å². The van der Waals surface area contributed by atoms with Crippen molar-refractivity contribution in [2.45, 2.75) is 12.1 Å². The van der Waals surface area contributed by atoms with E-state index in [0.717, 1.165) is 6.33 Å². The van der Waals surface area contributed by atoms with Gasteiger partial charge in [-0.15, -0.1) is 0 Å². The molecule has 0 aliphatic carbocycles. The maximum absolute atomic E-state index is 12.6. The van der Waals surface area contributed by atoms with Gasteiger partial charge in [-0.1, -0.05) is 0 Å². The number of halogens is 6. The minimum absolute atomic E-state index is 0.0182. The van der Waals surface area contributed by atoms with Crippen molar-refractivity contribution in [1.29, 1.82) is 0 Å². The summed E-state index contributed by atoms with van der Waals surface area (Å²) in [4.78, 5) is 6.96. The monoisotopic (exact) mass is 336 g/mol. The fourth-order valence-corrected chi connectivity index (χ4v) is 1.23. The summed E-state index contributed by atoms with van der Waals surface area (Å²) in [7, 11) is 0. The molecule has 0 amide bonds. The van der Waals surface area contributed by atoms with Crippen LogP contribution < -0.4 is 16.0 Å². The van der Waals surface area contributed by atoms with Crippen LogP contribution in [-0.4, -0.2) is 28.7 Å². The maximum Gasteiger partial charge on any atom is 0.456 e. The quantitative estimate of drug-likeness (QED) is 0.500. The summed E-state index contributed by atoms with van der Waals surface area (Å²) in [6.45, 7) is -1.89. The number of hydrogen-bond acceptors (Lipinski definition) is 5. The van der Waals surface area contributed by atoms with Crippen molar-refractivity contribution in [3.8, 4) is 5.88 Å². The van der Waals surface area contributed by atoms with Gasteiger partial charge in [0.1, 0.15) is 10.8 Å². The van der Waals surface area contributed by atoms with Gasteiger partial charge in [-0.2, -0.15) is 22.0 Å². The zero-order chi connectivity index (χ0) is 14.0. The van der Waals surface area contributed by atoms with Gasteiger partial charge in [0.15, 0.2) is 12.4 Å². The second kappa shape index (κ2) is 5.18. The van der Waals surface area contributed by atoms with Crippen molar-refractivity contribution in [2.24, 2.45) is 5.84 Å². The Labute approximate surface area is 106 Å². The predicted molar refractivity (Wildman–Crippen MR) is 54.0 cm³/mol. The Bertz CT molecular complexity index is 427. The van der Waals surface area contributed by atoms with Gasteiger partial charge in [0.05, 0.1) is 0 Å². The Morgan fingerprint density at radius 1 is 1.28 bits per heavy atom.